The van der Waals surface area contributed by atoms with Gasteiger partial charge in [-0.15, -0.1) is 5.10 Å². The normalized spacial score (nSPS) is 12.2. The van der Waals surface area contributed by atoms with Gasteiger partial charge in [-0.25, -0.2) is 23.3 Å². The number of rotatable bonds is 6. The first-order valence-corrected chi connectivity index (χ1v) is 11.5. The van der Waals surface area contributed by atoms with Crippen LogP contribution < -0.4 is 11.4 Å². The van der Waals surface area contributed by atoms with E-state index < -0.39 is 17.5 Å². The molecule has 1 aromatic carbocycles. The monoisotopic (exact) mass is 485 g/mol. The van der Waals surface area contributed by atoms with Gasteiger partial charge in [0.15, 0.2) is 5.65 Å². The second-order valence-electron chi connectivity index (χ2n) is 8.42. The van der Waals surface area contributed by atoms with Crippen LogP contribution in [0.5, 0.6) is 0 Å². The lowest BCUT2D eigenvalue weighted by Crippen LogP contribution is -2.27. The van der Waals surface area contributed by atoms with Gasteiger partial charge in [0.1, 0.15) is 5.82 Å². The SMILES string of the molecule is CCC(c1ccc(F)cn1)n1nc2c(-c3cc(C)nc(CO)c3)c(-c3ccccc3)nc(N)n2c1=O. The summed E-state index contributed by atoms with van der Waals surface area (Å²) >= 11 is 0. The van der Waals surface area contributed by atoms with Crippen molar-refractivity contribution in [1.29, 1.82) is 0 Å². The van der Waals surface area contributed by atoms with Gasteiger partial charge in [0, 0.05) is 11.3 Å². The van der Waals surface area contributed by atoms with Crippen LogP contribution in [-0.2, 0) is 6.61 Å². The maximum absolute atomic E-state index is 13.6. The summed E-state index contributed by atoms with van der Waals surface area (Å²) in [5.74, 6) is -0.481. The summed E-state index contributed by atoms with van der Waals surface area (Å²) in [6.07, 6.45) is 1.60. The maximum Gasteiger partial charge on any atom is 0.353 e. The zero-order valence-electron chi connectivity index (χ0n) is 19.8. The van der Waals surface area contributed by atoms with Crippen LogP contribution in [0.4, 0.5) is 10.3 Å². The molecular weight excluding hydrogens is 461 g/mol. The fraction of sp³-hybridized carbons (Fsp3) is 0.192. The summed E-state index contributed by atoms with van der Waals surface area (Å²) < 4.78 is 16.1. The molecule has 0 amide bonds. The number of hydrogen-bond acceptors (Lipinski definition) is 7. The number of nitrogen functional groups attached to an aromatic ring is 1. The lowest BCUT2D eigenvalue weighted by molar-refractivity contribution is 0.276. The number of halogens is 1. The molecule has 0 bridgehead atoms. The van der Waals surface area contributed by atoms with E-state index in [9.17, 15) is 14.3 Å². The Labute approximate surface area is 205 Å². The molecule has 0 aliphatic heterocycles. The first-order chi connectivity index (χ1) is 17.4. The second-order valence-corrected chi connectivity index (χ2v) is 8.42. The summed E-state index contributed by atoms with van der Waals surface area (Å²) in [5.41, 5.74) is 10.4. The van der Waals surface area contributed by atoms with Gasteiger partial charge in [0.05, 0.1) is 41.5 Å². The molecule has 10 heteroatoms. The quantitative estimate of drug-likeness (QED) is 0.377. The van der Waals surface area contributed by atoms with Gasteiger partial charge < -0.3 is 10.8 Å². The number of aliphatic hydroxyl groups excluding tert-OH is 1. The molecule has 182 valence electrons. The van der Waals surface area contributed by atoms with Crippen molar-refractivity contribution in [3.63, 3.8) is 0 Å². The molecule has 0 fully saturated rings. The highest BCUT2D eigenvalue weighted by atomic mass is 19.1. The molecule has 4 heterocycles. The third-order valence-electron chi connectivity index (χ3n) is 6.00. The molecule has 0 saturated carbocycles. The minimum Gasteiger partial charge on any atom is -0.390 e. The number of aryl methyl sites for hydroxylation is 1. The van der Waals surface area contributed by atoms with Crippen molar-refractivity contribution in [1.82, 2.24) is 29.1 Å². The van der Waals surface area contributed by atoms with Crippen molar-refractivity contribution in [2.45, 2.75) is 32.9 Å². The molecule has 1 unspecified atom stereocenters. The summed E-state index contributed by atoms with van der Waals surface area (Å²) in [6.45, 7) is 3.47. The average molecular weight is 486 g/mol. The smallest absolute Gasteiger partial charge is 0.353 e. The number of aromatic nitrogens is 6. The van der Waals surface area contributed by atoms with Gasteiger partial charge in [-0.05, 0) is 43.2 Å². The van der Waals surface area contributed by atoms with Crippen LogP contribution in [0.3, 0.4) is 0 Å². The molecule has 1 atom stereocenters. The number of pyridine rings is 2. The summed E-state index contributed by atoms with van der Waals surface area (Å²) in [5, 5.41) is 14.5. The van der Waals surface area contributed by atoms with Gasteiger partial charge >= 0.3 is 5.69 Å². The molecular formula is C26H24FN7O2. The molecule has 0 spiro atoms. The Kier molecular flexibility index (Phi) is 6.03. The lowest BCUT2D eigenvalue weighted by Gasteiger charge is -2.13. The Hall–Kier alpha value is -4.44. The number of benzene rings is 1. The van der Waals surface area contributed by atoms with Gasteiger partial charge in [-0.3, -0.25) is 9.97 Å². The Morgan fingerprint density at radius 2 is 1.86 bits per heavy atom. The van der Waals surface area contributed by atoms with E-state index in [0.29, 0.717) is 46.0 Å². The van der Waals surface area contributed by atoms with E-state index in [1.165, 1.54) is 21.2 Å². The Balaban J connectivity index is 1.85. The zero-order valence-corrected chi connectivity index (χ0v) is 19.8. The number of aliphatic hydroxyl groups is 1. The van der Waals surface area contributed by atoms with Crippen molar-refractivity contribution < 1.29 is 9.50 Å². The second kappa shape index (κ2) is 9.31. The molecule has 9 nitrogen and oxygen atoms in total. The molecule has 0 radical (unpaired) electrons. The number of hydrogen-bond donors (Lipinski definition) is 2. The zero-order chi connectivity index (χ0) is 25.4. The third kappa shape index (κ3) is 4.01. The van der Waals surface area contributed by atoms with Crippen LogP contribution in [0.1, 0.15) is 36.5 Å². The minimum atomic E-state index is -0.544. The van der Waals surface area contributed by atoms with E-state index >= 15 is 0 Å². The summed E-state index contributed by atoms with van der Waals surface area (Å²) in [6, 6.07) is 15.4. The molecule has 0 aliphatic carbocycles. The Bertz CT molecular complexity index is 1610. The topological polar surface area (TPSA) is 124 Å². The number of fused-ring (bicyclic) bond motifs is 1. The molecule has 3 N–H and O–H groups in total. The van der Waals surface area contributed by atoms with Crippen LogP contribution in [0.25, 0.3) is 28.0 Å². The van der Waals surface area contributed by atoms with Gasteiger partial charge in [0.25, 0.3) is 0 Å². The van der Waals surface area contributed by atoms with Crippen LogP contribution >= 0.6 is 0 Å². The van der Waals surface area contributed by atoms with Gasteiger partial charge in [-0.2, -0.15) is 0 Å². The molecule has 0 saturated heterocycles. The average Bonchev–Trinajstić information content (AvgIpc) is 3.22. The minimum absolute atomic E-state index is 0.0149. The predicted octanol–water partition coefficient (Wildman–Crippen LogP) is 3.54. The fourth-order valence-corrected chi connectivity index (χ4v) is 4.41. The largest absolute Gasteiger partial charge is 0.390 e. The number of anilines is 1. The molecule has 4 aromatic heterocycles. The van der Waals surface area contributed by atoms with E-state index in [1.807, 2.05) is 50.2 Å². The highest BCUT2D eigenvalue weighted by molar-refractivity contribution is 5.90. The first kappa shape index (κ1) is 23.3. The van der Waals surface area contributed by atoms with Crippen LogP contribution in [0, 0.1) is 12.7 Å². The van der Waals surface area contributed by atoms with Crippen molar-refractivity contribution >= 4 is 11.6 Å². The number of nitrogens with zero attached hydrogens (tertiary/aromatic N) is 6. The lowest BCUT2D eigenvalue weighted by atomic mass is 9.99. The third-order valence-corrected chi connectivity index (χ3v) is 6.00. The number of nitrogens with two attached hydrogens (primary N) is 1. The predicted molar refractivity (Wildman–Crippen MR) is 134 cm³/mol. The van der Waals surface area contributed by atoms with Crippen LogP contribution in [0.15, 0.2) is 65.6 Å². The van der Waals surface area contributed by atoms with Gasteiger partial charge in [0.2, 0.25) is 5.95 Å². The van der Waals surface area contributed by atoms with Crippen molar-refractivity contribution in [2.24, 2.45) is 0 Å². The first-order valence-electron chi connectivity index (χ1n) is 11.5. The van der Waals surface area contributed by atoms with Crippen LogP contribution in [0.2, 0.25) is 0 Å². The standard InChI is InChI=1S/C26H24FN7O2/c1-3-21(20-10-9-18(27)13-29-20)34-26(36)33-24(32-34)22(17-11-15(2)30-19(12-17)14-35)23(31-25(33)28)16-7-5-4-6-8-16/h4-13,21,35H,3,14H2,1-2H3,(H2,28,31). The highest BCUT2D eigenvalue weighted by Gasteiger charge is 2.25. The molecule has 0 aliphatic rings. The molecule has 36 heavy (non-hydrogen) atoms. The van der Waals surface area contributed by atoms with Crippen molar-refractivity contribution in [3.8, 4) is 22.4 Å². The van der Waals surface area contributed by atoms with Gasteiger partial charge in [-0.1, -0.05) is 37.3 Å². The Morgan fingerprint density at radius 1 is 1.08 bits per heavy atom. The van der Waals surface area contributed by atoms with Crippen molar-refractivity contribution in [2.75, 3.05) is 5.73 Å². The van der Waals surface area contributed by atoms with Crippen molar-refractivity contribution in [3.05, 3.63) is 94.2 Å². The summed E-state index contributed by atoms with van der Waals surface area (Å²) in [4.78, 5) is 26.7. The van der Waals surface area contributed by atoms with E-state index in [-0.39, 0.29) is 12.6 Å². The van der Waals surface area contributed by atoms with E-state index in [2.05, 4.69) is 15.0 Å². The van der Waals surface area contributed by atoms with E-state index in [0.717, 1.165) is 11.8 Å². The van der Waals surface area contributed by atoms with Crippen LogP contribution in [-0.4, -0.2) is 34.2 Å². The molecule has 5 aromatic rings. The fourth-order valence-electron chi connectivity index (χ4n) is 4.41. The maximum atomic E-state index is 13.6. The van der Waals surface area contributed by atoms with E-state index in [1.54, 1.807) is 6.07 Å². The Morgan fingerprint density at radius 3 is 2.53 bits per heavy atom. The van der Waals surface area contributed by atoms with E-state index in [4.69, 9.17) is 10.8 Å². The highest BCUT2D eigenvalue weighted by Crippen LogP contribution is 2.35. The summed E-state index contributed by atoms with van der Waals surface area (Å²) in [7, 11) is 0. The molecule has 5 rings (SSSR count).